The number of rotatable bonds is 5. The van der Waals surface area contributed by atoms with E-state index >= 15 is 0 Å². The highest BCUT2D eigenvalue weighted by Gasteiger charge is 2.22. The Morgan fingerprint density at radius 1 is 0.914 bits per heavy atom. The Morgan fingerprint density at radius 2 is 1.71 bits per heavy atom. The summed E-state index contributed by atoms with van der Waals surface area (Å²) in [5, 5.41) is 0. The molecule has 3 aliphatic rings. The van der Waals surface area contributed by atoms with Crippen LogP contribution in [0.4, 0.5) is 5.69 Å². The average molecular weight is 474 g/mol. The van der Waals surface area contributed by atoms with Crippen molar-refractivity contribution in [1.82, 2.24) is 19.4 Å². The van der Waals surface area contributed by atoms with Crippen molar-refractivity contribution in [1.29, 1.82) is 0 Å². The van der Waals surface area contributed by atoms with Gasteiger partial charge in [0.05, 0.1) is 24.6 Å². The Kier molecular flexibility index (Phi) is 6.22. The van der Waals surface area contributed by atoms with Crippen molar-refractivity contribution in [3.63, 3.8) is 0 Å². The fourth-order valence-electron chi connectivity index (χ4n) is 5.38. The van der Waals surface area contributed by atoms with Crippen LogP contribution < -0.4 is 9.64 Å². The lowest BCUT2D eigenvalue weighted by Crippen LogP contribution is -2.48. The molecule has 3 aromatic rings. The van der Waals surface area contributed by atoms with Crippen LogP contribution in [-0.2, 0) is 17.9 Å². The van der Waals surface area contributed by atoms with Crippen molar-refractivity contribution in [2.24, 2.45) is 0 Å². The van der Waals surface area contributed by atoms with E-state index in [1.807, 2.05) is 0 Å². The van der Waals surface area contributed by atoms with Gasteiger partial charge in [-0.25, -0.2) is 4.98 Å². The van der Waals surface area contributed by atoms with E-state index in [1.165, 1.54) is 16.8 Å². The molecule has 1 aromatic heterocycles. The summed E-state index contributed by atoms with van der Waals surface area (Å²) >= 11 is 0. The van der Waals surface area contributed by atoms with Crippen LogP contribution in [0.5, 0.6) is 5.75 Å². The number of imidazole rings is 1. The van der Waals surface area contributed by atoms with Crippen molar-refractivity contribution < 1.29 is 9.47 Å². The van der Waals surface area contributed by atoms with Crippen LogP contribution in [-0.4, -0.2) is 77.9 Å². The molecule has 3 aliphatic heterocycles. The van der Waals surface area contributed by atoms with Gasteiger partial charge in [-0.15, -0.1) is 0 Å². The number of hydrogen-bond donors (Lipinski definition) is 0. The maximum Gasteiger partial charge on any atom is 0.151 e. The normalized spacial score (nSPS) is 18.9. The number of ether oxygens (including phenoxy) is 2. The van der Waals surface area contributed by atoms with Gasteiger partial charge >= 0.3 is 0 Å². The van der Waals surface area contributed by atoms with E-state index in [2.05, 4.69) is 81.8 Å². The van der Waals surface area contributed by atoms with Crippen LogP contribution in [0.2, 0.25) is 0 Å². The van der Waals surface area contributed by atoms with Gasteiger partial charge in [0, 0.05) is 63.7 Å². The molecule has 7 nitrogen and oxygen atoms in total. The number of morpholine rings is 1. The second kappa shape index (κ2) is 9.64. The fraction of sp³-hybridized carbons (Fsp3) is 0.464. The maximum atomic E-state index is 6.16. The largest absolute Gasteiger partial charge is 0.483 e. The van der Waals surface area contributed by atoms with E-state index < -0.39 is 0 Å². The van der Waals surface area contributed by atoms with Crippen molar-refractivity contribution in [3.05, 3.63) is 60.2 Å². The van der Waals surface area contributed by atoms with Gasteiger partial charge in [0.15, 0.2) is 5.82 Å². The minimum absolute atomic E-state index is 0.500. The van der Waals surface area contributed by atoms with Crippen LogP contribution in [0.25, 0.3) is 16.8 Å². The lowest BCUT2D eigenvalue weighted by atomic mass is 10.0. The minimum Gasteiger partial charge on any atom is -0.483 e. The van der Waals surface area contributed by atoms with Gasteiger partial charge in [-0.3, -0.25) is 14.4 Å². The predicted molar refractivity (Wildman–Crippen MR) is 138 cm³/mol. The van der Waals surface area contributed by atoms with Gasteiger partial charge in [-0.05, 0) is 49.2 Å². The van der Waals surface area contributed by atoms with Crippen LogP contribution in [0.1, 0.15) is 25.4 Å². The second-order valence-corrected chi connectivity index (χ2v) is 10.0. The molecule has 0 spiro atoms. The zero-order valence-electron chi connectivity index (χ0n) is 20.8. The van der Waals surface area contributed by atoms with E-state index in [0.717, 1.165) is 82.0 Å². The molecule has 0 radical (unpaired) electrons. The molecule has 0 unspecified atom stereocenters. The first-order valence-corrected chi connectivity index (χ1v) is 12.9. The number of aromatic nitrogens is 2. The number of fused-ring (bicyclic) bond motifs is 3. The third-order valence-electron chi connectivity index (χ3n) is 7.48. The number of nitrogens with zero attached hydrogens (tertiary/aromatic N) is 5. The molecule has 4 heterocycles. The standard InChI is InChI=1S/C28H35N5O2/c1-21(2)31-8-10-32(11-9-31)25-5-3-4-22(16-25)23-6-7-26-27(17-23)35-20-28-29-24(19-33(26)28)18-30-12-14-34-15-13-30/h3-7,16-17,19,21H,8-15,18,20H2,1-2H3. The molecule has 184 valence electrons. The Morgan fingerprint density at radius 3 is 2.51 bits per heavy atom. The minimum atomic E-state index is 0.500. The summed E-state index contributed by atoms with van der Waals surface area (Å²) in [6, 6.07) is 16.1. The van der Waals surface area contributed by atoms with Crippen LogP contribution >= 0.6 is 0 Å². The Balaban J connectivity index is 1.20. The molecule has 0 aliphatic carbocycles. The summed E-state index contributed by atoms with van der Waals surface area (Å²) in [4.78, 5) is 12.3. The number of benzene rings is 2. The average Bonchev–Trinajstić information content (AvgIpc) is 3.32. The van der Waals surface area contributed by atoms with E-state index in [-0.39, 0.29) is 0 Å². The summed E-state index contributed by atoms with van der Waals surface area (Å²) in [5.41, 5.74) is 5.87. The third kappa shape index (κ3) is 4.68. The summed E-state index contributed by atoms with van der Waals surface area (Å²) in [6.07, 6.45) is 2.17. The maximum absolute atomic E-state index is 6.16. The SMILES string of the molecule is CC(C)N1CCN(c2cccc(-c3ccc4c(c3)OCc3nc(CN5CCOCC5)cn3-4)c2)CC1. The first kappa shape index (κ1) is 22.6. The van der Waals surface area contributed by atoms with Gasteiger partial charge in [0.2, 0.25) is 0 Å². The lowest BCUT2D eigenvalue weighted by Gasteiger charge is -2.38. The Bertz CT molecular complexity index is 1180. The van der Waals surface area contributed by atoms with Gasteiger partial charge in [-0.2, -0.15) is 0 Å². The molecule has 2 saturated heterocycles. The smallest absolute Gasteiger partial charge is 0.151 e. The van der Waals surface area contributed by atoms with Crippen LogP contribution in [0, 0.1) is 0 Å². The zero-order valence-corrected chi connectivity index (χ0v) is 20.8. The predicted octanol–water partition coefficient (Wildman–Crippen LogP) is 3.79. The molecule has 0 bridgehead atoms. The third-order valence-corrected chi connectivity index (χ3v) is 7.48. The summed E-state index contributed by atoms with van der Waals surface area (Å²) in [5.74, 6) is 1.89. The molecule has 2 fully saturated rings. The molecule has 35 heavy (non-hydrogen) atoms. The van der Waals surface area contributed by atoms with Crippen molar-refractivity contribution >= 4 is 5.69 Å². The highest BCUT2D eigenvalue weighted by Crippen LogP contribution is 2.35. The number of piperazine rings is 1. The monoisotopic (exact) mass is 473 g/mol. The molecule has 0 amide bonds. The van der Waals surface area contributed by atoms with Gasteiger partial charge in [0.25, 0.3) is 0 Å². The molecule has 0 atom stereocenters. The first-order valence-electron chi connectivity index (χ1n) is 12.9. The van der Waals surface area contributed by atoms with E-state index in [4.69, 9.17) is 14.5 Å². The van der Waals surface area contributed by atoms with Crippen LogP contribution in [0.15, 0.2) is 48.7 Å². The van der Waals surface area contributed by atoms with E-state index in [1.54, 1.807) is 0 Å². The second-order valence-electron chi connectivity index (χ2n) is 10.0. The van der Waals surface area contributed by atoms with Crippen molar-refractivity contribution in [3.8, 4) is 22.6 Å². The van der Waals surface area contributed by atoms with Gasteiger partial charge < -0.3 is 14.4 Å². The summed E-state index contributed by atoms with van der Waals surface area (Å²) in [6.45, 7) is 13.8. The molecule has 0 N–H and O–H groups in total. The summed E-state index contributed by atoms with van der Waals surface area (Å²) < 4.78 is 13.8. The summed E-state index contributed by atoms with van der Waals surface area (Å²) in [7, 11) is 0. The number of hydrogen-bond acceptors (Lipinski definition) is 6. The van der Waals surface area contributed by atoms with E-state index in [9.17, 15) is 0 Å². The highest BCUT2D eigenvalue weighted by molar-refractivity contribution is 5.72. The van der Waals surface area contributed by atoms with Gasteiger partial charge in [0.1, 0.15) is 12.4 Å². The molecular formula is C28H35N5O2. The van der Waals surface area contributed by atoms with Gasteiger partial charge in [-0.1, -0.05) is 18.2 Å². The molecule has 6 rings (SSSR count). The Labute approximate surface area is 207 Å². The topological polar surface area (TPSA) is 46.0 Å². The molecular weight excluding hydrogens is 438 g/mol. The molecule has 2 aromatic carbocycles. The molecule has 7 heteroatoms. The van der Waals surface area contributed by atoms with Crippen LogP contribution in [0.3, 0.4) is 0 Å². The van der Waals surface area contributed by atoms with E-state index in [0.29, 0.717) is 12.6 Å². The van der Waals surface area contributed by atoms with Crippen molar-refractivity contribution in [2.45, 2.75) is 33.0 Å². The highest BCUT2D eigenvalue weighted by atomic mass is 16.5. The van der Waals surface area contributed by atoms with Crippen molar-refractivity contribution in [2.75, 3.05) is 57.4 Å². The zero-order chi connectivity index (χ0) is 23.8. The first-order chi connectivity index (χ1) is 17.1. The lowest BCUT2D eigenvalue weighted by molar-refractivity contribution is 0.0337. The number of anilines is 1. The Hall–Kier alpha value is -2.87. The quantitative estimate of drug-likeness (QED) is 0.562. The fourth-order valence-corrected chi connectivity index (χ4v) is 5.38. The molecule has 0 saturated carbocycles.